The standard InChI is InChI=1S/C29H39FN2O6/c1-6-25(35)37-15-24(34)28(38-26(36)7-2)16(3)10-19-20-9-8-18-11-22-17(14-31-32(22)5)13-27(18,4)29(20,30)23(33)12-21(19)28/h11,14,16,19-21,23,33H,6-10,12-13,15H2,1-5H3/t16-,19-,20-,21?,23-,27-,28-,29-/m0/s1. The van der Waals surface area contributed by atoms with Crippen LogP contribution in [0.15, 0.2) is 11.8 Å². The molecule has 3 saturated carbocycles. The number of allylic oxidation sites excluding steroid dienone is 1. The molecule has 208 valence electrons. The fourth-order valence-corrected chi connectivity index (χ4v) is 8.41. The highest BCUT2D eigenvalue weighted by Crippen LogP contribution is 2.68. The topological polar surface area (TPSA) is 108 Å². The van der Waals surface area contributed by atoms with Gasteiger partial charge in [-0.25, -0.2) is 4.39 Å². The molecule has 4 aliphatic carbocycles. The van der Waals surface area contributed by atoms with Gasteiger partial charge in [0.1, 0.15) is 5.67 Å². The van der Waals surface area contributed by atoms with E-state index in [0.29, 0.717) is 25.7 Å². The van der Waals surface area contributed by atoms with Gasteiger partial charge in [0.2, 0.25) is 5.78 Å². The van der Waals surface area contributed by atoms with E-state index in [1.807, 2.05) is 27.0 Å². The number of nitrogens with zero attached hydrogens (tertiary/aromatic N) is 2. The fourth-order valence-electron chi connectivity index (χ4n) is 8.41. The molecule has 0 amide bonds. The lowest BCUT2D eigenvalue weighted by Gasteiger charge is -2.61. The van der Waals surface area contributed by atoms with Crippen molar-refractivity contribution < 1.29 is 33.4 Å². The summed E-state index contributed by atoms with van der Waals surface area (Å²) in [5, 5.41) is 16.0. The average molecular weight is 531 g/mol. The molecule has 0 aromatic carbocycles. The predicted octanol–water partition coefficient (Wildman–Crippen LogP) is 3.74. The number of aromatic nitrogens is 2. The van der Waals surface area contributed by atoms with Gasteiger partial charge < -0.3 is 14.6 Å². The summed E-state index contributed by atoms with van der Waals surface area (Å²) in [7, 11) is 1.88. The summed E-state index contributed by atoms with van der Waals surface area (Å²) in [6.45, 7) is 6.56. The van der Waals surface area contributed by atoms with E-state index in [9.17, 15) is 19.5 Å². The van der Waals surface area contributed by atoms with Crippen molar-refractivity contribution in [2.24, 2.45) is 36.1 Å². The fraction of sp³-hybridized carbons (Fsp3) is 0.724. The lowest BCUT2D eigenvalue weighted by Crippen LogP contribution is -2.67. The minimum Gasteiger partial charge on any atom is -0.457 e. The number of aliphatic hydroxyl groups is 1. The van der Waals surface area contributed by atoms with E-state index in [4.69, 9.17) is 9.47 Å². The Morgan fingerprint density at radius 1 is 1.18 bits per heavy atom. The highest BCUT2D eigenvalue weighted by atomic mass is 19.1. The first-order chi connectivity index (χ1) is 17.9. The van der Waals surface area contributed by atoms with E-state index >= 15 is 4.39 Å². The molecule has 8 nitrogen and oxygen atoms in total. The van der Waals surface area contributed by atoms with Gasteiger partial charge in [0.15, 0.2) is 12.2 Å². The molecule has 3 fully saturated rings. The molecule has 1 aromatic rings. The number of Topliss-reactive ketones (excluding diaryl/α,β-unsaturated/α-hetero) is 1. The zero-order valence-electron chi connectivity index (χ0n) is 23.0. The van der Waals surface area contributed by atoms with Gasteiger partial charge in [-0.1, -0.05) is 33.3 Å². The molecule has 1 unspecified atom stereocenters. The van der Waals surface area contributed by atoms with Gasteiger partial charge in [-0.3, -0.25) is 19.1 Å². The molecule has 0 radical (unpaired) electrons. The Bertz CT molecular complexity index is 1190. The second-order valence-corrected chi connectivity index (χ2v) is 12.0. The minimum absolute atomic E-state index is 0.00473. The van der Waals surface area contributed by atoms with Gasteiger partial charge in [-0.05, 0) is 55.6 Å². The van der Waals surface area contributed by atoms with Crippen LogP contribution in [0.4, 0.5) is 4.39 Å². The van der Waals surface area contributed by atoms with Crippen molar-refractivity contribution in [2.45, 2.75) is 90.0 Å². The molecule has 8 atom stereocenters. The van der Waals surface area contributed by atoms with Crippen LogP contribution in [-0.2, 0) is 37.3 Å². The van der Waals surface area contributed by atoms with E-state index in [0.717, 1.165) is 16.8 Å². The molecule has 0 bridgehead atoms. The zero-order valence-corrected chi connectivity index (χ0v) is 23.0. The van der Waals surface area contributed by atoms with E-state index < -0.39 is 64.9 Å². The number of fused-ring (bicyclic) bond motifs is 6. The lowest BCUT2D eigenvalue weighted by molar-refractivity contribution is -0.209. The number of ketones is 1. The van der Waals surface area contributed by atoms with Crippen LogP contribution < -0.4 is 0 Å². The third-order valence-electron chi connectivity index (χ3n) is 10.3. The molecule has 0 spiro atoms. The SMILES string of the molecule is CCC(=O)OCC(=O)[C@@]1(OC(=O)CC)C2C[C@H](O)[C@@]3(F)[C@@H](CCC4=Cc5c(cnn5C)C[C@@]43C)[C@@H]2C[C@@H]1C. The first kappa shape index (κ1) is 27.0. The maximum atomic E-state index is 17.7. The molecule has 1 heterocycles. The maximum Gasteiger partial charge on any atom is 0.306 e. The summed E-state index contributed by atoms with van der Waals surface area (Å²) >= 11 is 0. The van der Waals surface area contributed by atoms with Crippen LogP contribution in [0.2, 0.25) is 0 Å². The predicted molar refractivity (Wildman–Crippen MR) is 136 cm³/mol. The smallest absolute Gasteiger partial charge is 0.306 e. The van der Waals surface area contributed by atoms with Crippen molar-refractivity contribution in [1.29, 1.82) is 0 Å². The number of carbonyl (C=O) groups is 3. The number of halogens is 1. The Morgan fingerprint density at radius 2 is 1.89 bits per heavy atom. The van der Waals surface area contributed by atoms with Gasteiger partial charge >= 0.3 is 11.9 Å². The Hall–Kier alpha value is -2.55. The van der Waals surface area contributed by atoms with Crippen LogP contribution >= 0.6 is 0 Å². The lowest BCUT2D eigenvalue weighted by atomic mass is 9.46. The molecular weight excluding hydrogens is 491 g/mol. The van der Waals surface area contributed by atoms with Gasteiger partial charge in [-0.15, -0.1) is 0 Å². The number of hydrogen-bond acceptors (Lipinski definition) is 7. The van der Waals surface area contributed by atoms with E-state index in [-0.39, 0.29) is 25.2 Å². The first-order valence-corrected chi connectivity index (χ1v) is 13.9. The normalized spacial score (nSPS) is 39.2. The second kappa shape index (κ2) is 9.28. The Balaban J connectivity index is 1.53. The average Bonchev–Trinajstić information content (AvgIpc) is 3.38. The van der Waals surface area contributed by atoms with Crippen LogP contribution in [0.25, 0.3) is 6.08 Å². The summed E-state index contributed by atoms with van der Waals surface area (Å²) in [5.74, 6) is -3.27. The Kier molecular flexibility index (Phi) is 6.60. The number of ether oxygens (including phenoxy) is 2. The van der Waals surface area contributed by atoms with Crippen LogP contribution in [0.5, 0.6) is 0 Å². The molecule has 5 rings (SSSR count). The number of hydrogen-bond donors (Lipinski definition) is 1. The molecule has 1 N–H and O–H groups in total. The quantitative estimate of drug-likeness (QED) is 0.559. The van der Waals surface area contributed by atoms with Crippen molar-refractivity contribution in [2.75, 3.05) is 6.61 Å². The monoisotopic (exact) mass is 530 g/mol. The van der Waals surface area contributed by atoms with Crippen molar-refractivity contribution >= 4 is 23.8 Å². The number of aliphatic hydroxyl groups excluding tert-OH is 1. The molecule has 38 heavy (non-hydrogen) atoms. The first-order valence-electron chi connectivity index (χ1n) is 13.9. The van der Waals surface area contributed by atoms with Crippen LogP contribution in [0.1, 0.15) is 77.5 Å². The van der Waals surface area contributed by atoms with E-state index in [2.05, 4.69) is 5.10 Å². The number of alkyl halides is 1. The zero-order chi connectivity index (χ0) is 27.6. The van der Waals surface area contributed by atoms with Crippen molar-refractivity contribution in [1.82, 2.24) is 9.78 Å². The second-order valence-electron chi connectivity index (χ2n) is 12.0. The van der Waals surface area contributed by atoms with E-state index in [1.165, 1.54) is 0 Å². The van der Waals surface area contributed by atoms with Gasteiger partial charge in [0.25, 0.3) is 0 Å². The largest absolute Gasteiger partial charge is 0.457 e. The third kappa shape index (κ3) is 3.56. The molecule has 1 aromatic heterocycles. The van der Waals surface area contributed by atoms with Crippen LogP contribution in [0.3, 0.4) is 0 Å². The highest BCUT2D eigenvalue weighted by molar-refractivity contribution is 5.93. The molecule has 0 aliphatic heterocycles. The molecular formula is C29H39FN2O6. The van der Waals surface area contributed by atoms with Crippen LogP contribution in [0, 0.1) is 29.1 Å². The summed E-state index contributed by atoms with van der Waals surface area (Å²) in [6.07, 6.45) is 4.82. The summed E-state index contributed by atoms with van der Waals surface area (Å²) in [6, 6.07) is 0. The minimum atomic E-state index is -1.91. The van der Waals surface area contributed by atoms with Gasteiger partial charge in [0.05, 0.1) is 18.0 Å². The van der Waals surface area contributed by atoms with Gasteiger partial charge in [-0.2, -0.15) is 5.10 Å². The Morgan fingerprint density at radius 3 is 2.58 bits per heavy atom. The summed E-state index contributed by atoms with van der Waals surface area (Å²) in [5.41, 5.74) is -1.45. The van der Waals surface area contributed by atoms with Crippen molar-refractivity contribution in [3.63, 3.8) is 0 Å². The van der Waals surface area contributed by atoms with E-state index in [1.54, 1.807) is 24.7 Å². The number of rotatable bonds is 6. The Labute approximate surface area is 222 Å². The molecule has 0 saturated heterocycles. The highest BCUT2D eigenvalue weighted by Gasteiger charge is 2.73. The molecule has 9 heteroatoms. The van der Waals surface area contributed by atoms with Gasteiger partial charge in [0, 0.05) is 37.1 Å². The number of aryl methyl sites for hydroxylation is 1. The molecule has 4 aliphatic rings. The van der Waals surface area contributed by atoms with Crippen molar-refractivity contribution in [3.8, 4) is 0 Å². The van der Waals surface area contributed by atoms with Crippen LogP contribution in [-0.4, -0.2) is 56.6 Å². The van der Waals surface area contributed by atoms with Crippen molar-refractivity contribution in [3.05, 3.63) is 23.0 Å². The number of carbonyl (C=O) groups excluding carboxylic acids is 3. The maximum absolute atomic E-state index is 17.7. The third-order valence-corrected chi connectivity index (χ3v) is 10.3. The number of esters is 2. The summed E-state index contributed by atoms with van der Waals surface area (Å²) < 4.78 is 30.6. The summed E-state index contributed by atoms with van der Waals surface area (Å²) in [4.78, 5) is 38.2.